The van der Waals surface area contributed by atoms with E-state index in [2.05, 4.69) is 9.97 Å². The molecule has 6 heteroatoms. The fourth-order valence-corrected chi connectivity index (χ4v) is 3.39. The van der Waals surface area contributed by atoms with Gasteiger partial charge in [0.05, 0.1) is 31.5 Å². The minimum atomic E-state index is -0.173. The van der Waals surface area contributed by atoms with Crippen LogP contribution in [0.3, 0.4) is 0 Å². The number of aromatic amines is 1. The lowest BCUT2D eigenvalue weighted by Crippen LogP contribution is -2.26. The highest BCUT2D eigenvalue weighted by atomic mass is 16.7. The van der Waals surface area contributed by atoms with E-state index in [1.807, 2.05) is 30.5 Å². The number of H-pyrrole nitrogens is 1. The molecule has 25 heavy (non-hydrogen) atoms. The first-order valence-electron chi connectivity index (χ1n) is 8.69. The van der Waals surface area contributed by atoms with Crippen LogP contribution >= 0.6 is 0 Å². The Labute approximate surface area is 146 Å². The summed E-state index contributed by atoms with van der Waals surface area (Å²) in [5.74, 6) is 0.836. The summed E-state index contributed by atoms with van der Waals surface area (Å²) in [6, 6.07) is 7.84. The lowest BCUT2D eigenvalue weighted by Gasteiger charge is -2.24. The number of ether oxygens (including phenoxy) is 3. The third kappa shape index (κ3) is 3.20. The van der Waals surface area contributed by atoms with Crippen molar-refractivity contribution in [1.82, 2.24) is 9.97 Å². The molecule has 3 N–H and O–H groups in total. The SMILES string of the molecule is COc1ccc2[nH]c3c(C(N)CCC4OCCCO4)nccc3c2c1. The predicted octanol–water partition coefficient (Wildman–Crippen LogP) is 3.27. The van der Waals surface area contributed by atoms with Gasteiger partial charge in [0.15, 0.2) is 6.29 Å². The van der Waals surface area contributed by atoms with E-state index in [-0.39, 0.29) is 12.3 Å². The summed E-state index contributed by atoms with van der Waals surface area (Å²) < 4.78 is 16.6. The summed E-state index contributed by atoms with van der Waals surface area (Å²) in [5, 5.41) is 2.23. The van der Waals surface area contributed by atoms with Gasteiger partial charge in [-0.15, -0.1) is 0 Å². The lowest BCUT2D eigenvalue weighted by atomic mass is 10.0. The van der Waals surface area contributed by atoms with Crippen molar-refractivity contribution >= 4 is 21.8 Å². The molecule has 4 rings (SSSR count). The predicted molar refractivity (Wildman–Crippen MR) is 96.6 cm³/mol. The van der Waals surface area contributed by atoms with Gasteiger partial charge in [-0.1, -0.05) is 0 Å². The van der Waals surface area contributed by atoms with Crippen LogP contribution in [-0.2, 0) is 9.47 Å². The van der Waals surface area contributed by atoms with Gasteiger partial charge in [-0.25, -0.2) is 0 Å². The van der Waals surface area contributed by atoms with Crippen LogP contribution in [0.15, 0.2) is 30.5 Å². The molecule has 1 atom stereocenters. The van der Waals surface area contributed by atoms with Crippen LogP contribution in [0.4, 0.5) is 0 Å². The molecule has 0 bridgehead atoms. The molecule has 132 valence electrons. The van der Waals surface area contributed by atoms with Crippen LogP contribution in [0, 0.1) is 0 Å². The molecule has 0 aliphatic carbocycles. The number of rotatable bonds is 5. The van der Waals surface area contributed by atoms with E-state index in [1.54, 1.807) is 7.11 Å². The number of nitrogens with two attached hydrogens (primary N) is 1. The number of benzene rings is 1. The second-order valence-electron chi connectivity index (χ2n) is 6.36. The Bertz CT molecular complexity index is 871. The number of pyridine rings is 1. The van der Waals surface area contributed by atoms with Crippen molar-refractivity contribution in [3.05, 3.63) is 36.2 Å². The summed E-state index contributed by atoms with van der Waals surface area (Å²) in [6.07, 6.45) is 4.16. The smallest absolute Gasteiger partial charge is 0.157 e. The van der Waals surface area contributed by atoms with Gasteiger partial charge in [-0.3, -0.25) is 4.98 Å². The Morgan fingerprint density at radius 2 is 2.12 bits per heavy atom. The van der Waals surface area contributed by atoms with Crippen molar-refractivity contribution < 1.29 is 14.2 Å². The summed E-state index contributed by atoms with van der Waals surface area (Å²) in [5.41, 5.74) is 9.36. The number of fused-ring (bicyclic) bond motifs is 3. The second kappa shape index (κ2) is 7.00. The molecular formula is C19H23N3O3. The molecule has 3 aromatic rings. The fourth-order valence-electron chi connectivity index (χ4n) is 3.39. The third-order valence-corrected chi connectivity index (χ3v) is 4.72. The van der Waals surface area contributed by atoms with Crippen LogP contribution in [0.5, 0.6) is 5.75 Å². The van der Waals surface area contributed by atoms with Gasteiger partial charge in [-0.05, 0) is 37.1 Å². The summed E-state index contributed by atoms with van der Waals surface area (Å²) >= 11 is 0. The van der Waals surface area contributed by atoms with Gasteiger partial charge >= 0.3 is 0 Å². The second-order valence-corrected chi connectivity index (χ2v) is 6.36. The van der Waals surface area contributed by atoms with Gasteiger partial charge in [0.25, 0.3) is 0 Å². The molecule has 0 amide bonds. The maximum atomic E-state index is 6.44. The van der Waals surface area contributed by atoms with Crippen molar-refractivity contribution in [1.29, 1.82) is 0 Å². The van der Waals surface area contributed by atoms with Crippen LogP contribution in [0.25, 0.3) is 21.8 Å². The quantitative estimate of drug-likeness (QED) is 0.744. The molecule has 2 aromatic heterocycles. The molecule has 1 aliphatic rings. The molecule has 1 aromatic carbocycles. The largest absolute Gasteiger partial charge is 0.497 e. The minimum absolute atomic E-state index is 0.147. The Hall–Kier alpha value is -2.15. The number of nitrogens with zero attached hydrogens (tertiary/aromatic N) is 1. The van der Waals surface area contributed by atoms with E-state index >= 15 is 0 Å². The number of aromatic nitrogens is 2. The number of hydrogen-bond acceptors (Lipinski definition) is 5. The highest BCUT2D eigenvalue weighted by Crippen LogP contribution is 2.32. The maximum absolute atomic E-state index is 6.44. The number of nitrogens with one attached hydrogen (secondary N) is 1. The normalized spacial score (nSPS) is 17.2. The van der Waals surface area contributed by atoms with Gasteiger partial charge in [0, 0.05) is 34.9 Å². The topological polar surface area (TPSA) is 82.4 Å². The number of methoxy groups -OCH3 is 1. The zero-order valence-corrected chi connectivity index (χ0v) is 14.3. The summed E-state index contributed by atoms with van der Waals surface area (Å²) in [7, 11) is 1.67. The average Bonchev–Trinajstić information content (AvgIpc) is 3.04. The first-order valence-corrected chi connectivity index (χ1v) is 8.69. The molecule has 0 radical (unpaired) electrons. The van der Waals surface area contributed by atoms with Crippen molar-refractivity contribution in [3.63, 3.8) is 0 Å². The summed E-state index contributed by atoms with van der Waals surface area (Å²) in [6.45, 7) is 1.52. The van der Waals surface area contributed by atoms with E-state index < -0.39 is 0 Å². The zero-order valence-electron chi connectivity index (χ0n) is 14.3. The Morgan fingerprint density at radius 3 is 2.92 bits per heavy atom. The zero-order chi connectivity index (χ0) is 17.2. The minimum Gasteiger partial charge on any atom is -0.497 e. The highest BCUT2D eigenvalue weighted by molar-refractivity contribution is 6.08. The van der Waals surface area contributed by atoms with Crippen LogP contribution in [-0.4, -0.2) is 36.6 Å². The van der Waals surface area contributed by atoms with Crippen LogP contribution < -0.4 is 10.5 Å². The molecule has 0 saturated carbocycles. The molecule has 1 unspecified atom stereocenters. The van der Waals surface area contributed by atoms with Crippen molar-refractivity contribution in [2.24, 2.45) is 5.73 Å². The van der Waals surface area contributed by atoms with E-state index in [0.29, 0.717) is 0 Å². The van der Waals surface area contributed by atoms with Gasteiger partial charge in [0.2, 0.25) is 0 Å². The molecule has 1 aliphatic heterocycles. The van der Waals surface area contributed by atoms with E-state index in [9.17, 15) is 0 Å². The molecule has 1 saturated heterocycles. The van der Waals surface area contributed by atoms with Crippen LogP contribution in [0.2, 0.25) is 0 Å². The molecule has 3 heterocycles. The van der Waals surface area contributed by atoms with Gasteiger partial charge in [-0.2, -0.15) is 0 Å². The monoisotopic (exact) mass is 341 g/mol. The molecule has 6 nitrogen and oxygen atoms in total. The van der Waals surface area contributed by atoms with E-state index in [1.165, 1.54) is 0 Å². The Balaban J connectivity index is 1.62. The maximum Gasteiger partial charge on any atom is 0.157 e. The van der Waals surface area contributed by atoms with Crippen LogP contribution in [0.1, 0.15) is 31.0 Å². The molecular weight excluding hydrogens is 318 g/mol. The first kappa shape index (κ1) is 16.3. The van der Waals surface area contributed by atoms with E-state index in [4.69, 9.17) is 19.9 Å². The Kier molecular flexibility index (Phi) is 4.57. The average molecular weight is 341 g/mol. The highest BCUT2D eigenvalue weighted by Gasteiger charge is 2.19. The summed E-state index contributed by atoms with van der Waals surface area (Å²) in [4.78, 5) is 8.00. The van der Waals surface area contributed by atoms with Gasteiger partial charge < -0.3 is 24.9 Å². The van der Waals surface area contributed by atoms with Crippen molar-refractivity contribution in [2.45, 2.75) is 31.6 Å². The van der Waals surface area contributed by atoms with Gasteiger partial charge in [0.1, 0.15) is 5.75 Å². The third-order valence-electron chi connectivity index (χ3n) is 4.72. The van der Waals surface area contributed by atoms with Crippen molar-refractivity contribution in [3.8, 4) is 5.75 Å². The first-order chi connectivity index (χ1) is 12.3. The lowest BCUT2D eigenvalue weighted by molar-refractivity contribution is -0.182. The standard InChI is InChI=1S/C19H23N3O3/c1-23-12-3-5-16-14(11-12)13-7-8-21-19(18(13)22-16)15(20)4-6-17-24-9-2-10-25-17/h3,5,7-8,11,15,17,22H,2,4,6,9-10,20H2,1H3. The van der Waals surface area contributed by atoms with E-state index in [0.717, 1.165) is 65.7 Å². The number of hydrogen-bond donors (Lipinski definition) is 2. The fraction of sp³-hybridized carbons (Fsp3) is 0.421. The van der Waals surface area contributed by atoms with Crippen molar-refractivity contribution in [2.75, 3.05) is 20.3 Å². The Morgan fingerprint density at radius 1 is 1.28 bits per heavy atom. The molecule has 0 spiro atoms. The molecule has 1 fully saturated rings.